The van der Waals surface area contributed by atoms with Crippen LogP contribution in [0.1, 0.15) is 10.6 Å². The molecule has 3 aromatic rings. The predicted octanol–water partition coefficient (Wildman–Crippen LogP) is 3.32. The summed E-state index contributed by atoms with van der Waals surface area (Å²) in [6, 6.07) is 15.7. The summed E-state index contributed by atoms with van der Waals surface area (Å²) in [5, 5.41) is 3.65. The van der Waals surface area contributed by atoms with Gasteiger partial charge >= 0.3 is 0 Å². The van der Waals surface area contributed by atoms with Crippen LogP contribution in [0, 0.1) is 6.92 Å². The molecule has 3 rings (SSSR count). The number of hydrogen-bond donors (Lipinski definition) is 1. The average molecular weight is 356 g/mol. The SMILES string of the molecule is Cc1cccc(OCCNC(=O)COCc2nc3ccccc3s2)c1. The number of hydrogen-bond acceptors (Lipinski definition) is 5. The molecule has 0 spiro atoms. The van der Waals surface area contributed by atoms with Crippen molar-refractivity contribution in [2.75, 3.05) is 19.8 Å². The number of aromatic nitrogens is 1. The van der Waals surface area contributed by atoms with Gasteiger partial charge < -0.3 is 14.8 Å². The van der Waals surface area contributed by atoms with Crippen LogP contribution in [0.25, 0.3) is 10.2 Å². The molecule has 6 heteroatoms. The minimum atomic E-state index is -0.158. The highest BCUT2D eigenvalue weighted by Gasteiger charge is 2.05. The minimum Gasteiger partial charge on any atom is -0.492 e. The van der Waals surface area contributed by atoms with Crippen molar-refractivity contribution in [2.24, 2.45) is 0 Å². The Morgan fingerprint density at radius 3 is 2.92 bits per heavy atom. The fourth-order valence-corrected chi connectivity index (χ4v) is 3.23. The van der Waals surface area contributed by atoms with Gasteiger partial charge in [-0.25, -0.2) is 4.98 Å². The number of fused-ring (bicyclic) bond motifs is 1. The lowest BCUT2D eigenvalue weighted by Crippen LogP contribution is -2.31. The number of thiazole rings is 1. The topological polar surface area (TPSA) is 60.5 Å². The van der Waals surface area contributed by atoms with E-state index in [4.69, 9.17) is 9.47 Å². The molecule has 0 fully saturated rings. The number of amides is 1. The summed E-state index contributed by atoms with van der Waals surface area (Å²) in [4.78, 5) is 16.2. The lowest BCUT2D eigenvalue weighted by molar-refractivity contribution is -0.126. The molecule has 0 bridgehead atoms. The molecular weight excluding hydrogens is 336 g/mol. The first-order valence-electron chi connectivity index (χ1n) is 8.09. The van der Waals surface area contributed by atoms with E-state index in [1.165, 1.54) is 0 Å². The molecule has 0 aliphatic heterocycles. The fourth-order valence-electron chi connectivity index (χ4n) is 2.33. The Kier molecular flexibility index (Phi) is 5.98. The Hall–Kier alpha value is -2.44. The summed E-state index contributed by atoms with van der Waals surface area (Å²) in [6.45, 7) is 3.23. The second kappa shape index (κ2) is 8.60. The molecule has 0 aliphatic rings. The second-order valence-electron chi connectivity index (χ2n) is 5.58. The highest BCUT2D eigenvalue weighted by molar-refractivity contribution is 7.18. The maximum absolute atomic E-state index is 11.8. The fraction of sp³-hybridized carbons (Fsp3) is 0.263. The quantitative estimate of drug-likeness (QED) is 0.629. The standard InChI is InChI=1S/C19H20N2O3S/c1-14-5-4-6-15(11-14)24-10-9-20-18(22)12-23-13-19-21-16-7-2-3-8-17(16)25-19/h2-8,11H,9-10,12-13H2,1H3,(H,20,22). The van der Waals surface area contributed by atoms with E-state index in [1.54, 1.807) is 11.3 Å². The molecule has 25 heavy (non-hydrogen) atoms. The van der Waals surface area contributed by atoms with Crippen molar-refractivity contribution >= 4 is 27.5 Å². The number of nitrogens with one attached hydrogen (secondary N) is 1. The van der Waals surface area contributed by atoms with Gasteiger partial charge in [-0.1, -0.05) is 24.3 Å². The Morgan fingerprint density at radius 1 is 1.20 bits per heavy atom. The third kappa shape index (κ3) is 5.27. The minimum absolute atomic E-state index is 0.0143. The van der Waals surface area contributed by atoms with Crippen molar-refractivity contribution in [1.82, 2.24) is 10.3 Å². The molecule has 1 aromatic heterocycles. The van der Waals surface area contributed by atoms with Gasteiger partial charge in [0.2, 0.25) is 5.91 Å². The van der Waals surface area contributed by atoms with Gasteiger partial charge in [0.15, 0.2) is 0 Å². The summed E-state index contributed by atoms with van der Waals surface area (Å²) >= 11 is 1.58. The number of nitrogens with zero attached hydrogens (tertiary/aromatic N) is 1. The van der Waals surface area contributed by atoms with Crippen LogP contribution in [0.4, 0.5) is 0 Å². The van der Waals surface area contributed by atoms with E-state index in [2.05, 4.69) is 10.3 Å². The van der Waals surface area contributed by atoms with Gasteiger partial charge in [0.1, 0.15) is 24.0 Å². The highest BCUT2D eigenvalue weighted by atomic mass is 32.1. The van der Waals surface area contributed by atoms with Crippen molar-refractivity contribution in [3.05, 3.63) is 59.1 Å². The molecule has 0 unspecified atom stereocenters. The van der Waals surface area contributed by atoms with E-state index in [-0.39, 0.29) is 12.5 Å². The first kappa shape index (κ1) is 17.4. The predicted molar refractivity (Wildman–Crippen MR) is 99.0 cm³/mol. The number of carbonyl (C=O) groups is 1. The molecule has 0 radical (unpaired) electrons. The van der Waals surface area contributed by atoms with E-state index in [1.807, 2.05) is 55.5 Å². The van der Waals surface area contributed by atoms with E-state index >= 15 is 0 Å². The van der Waals surface area contributed by atoms with Gasteiger partial charge in [-0.3, -0.25) is 4.79 Å². The van der Waals surface area contributed by atoms with Gasteiger partial charge in [0, 0.05) is 0 Å². The molecule has 0 saturated carbocycles. The number of carbonyl (C=O) groups excluding carboxylic acids is 1. The molecule has 1 amide bonds. The van der Waals surface area contributed by atoms with Crippen LogP contribution in [0.2, 0.25) is 0 Å². The number of benzene rings is 2. The van der Waals surface area contributed by atoms with Crippen LogP contribution < -0.4 is 10.1 Å². The van der Waals surface area contributed by atoms with Gasteiger partial charge in [0.25, 0.3) is 0 Å². The maximum Gasteiger partial charge on any atom is 0.246 e. The Labute approximate surface area is 150 Å². The van der Waals surface area contributed by atoms with Crippen LogP contribution in [0.15, 0.2) is 48.5 Å². The first-order chi connectivity index (χ1) is 12.2. The van der Waals surface area contributed by atoms with Gasteiger partial charge in [-0.05, 0) is 36.8 Å². The number of aryl methyl sites for hydroxylation is 1. The Morgan fingerprint density at radius 2 is 2.08 bits per heavy atom. The lowest BCUT2D eigenvalue weighted by atomic mass is 10.2. The molecule has 5 nitrogen and oxygen atoms in total. The van der Waals surface area contributed by atoms with Gasteiger partial charge in [0.05, 0.1) is 23.4 Å². The number of ether oxygens (including phenoxy) is 2. The summed E-state index contributed by atoms with van der Waals surface area (Å²) in [6.07, 6.45) is 0. The third-order valence-electron chi connectivity index (χ3n) is 3.48. The monoisotopic (exact) mass is 356 g/mol. The molecule has 0 atom stereocenters. The largest absolute Gasteiger partial charge is 0.492 e. The van der Waals surface area contributed by atoms with Crippen LogP contribution in [-0.4, -0.2) is 30.6 Å². The lowest BCUT2D eigenvalue weighted by Gasteiger charge is -2.08. The Bertz CT molecular complexity index is 814. The number of rotatable bonds is 8. The van der Waals surface area contributed by atoms with Crippen molar-refractivity contribution in [2.45, 2.75) is 13.5 Å². The molecule has 1 N–H and O–H groups in total. The van der Waals surface area contributed by atoms with Crippen molar-refractivity contribution < 1.29 is 14.3 Å². The summed E-state index contributed by atoms with van der Waals surface area (Å²) < 4.78 is 12.1. The molecule has 0 aliphatic carbocycles. The molecule has 1 heterocycles. The molecule has 2 aromatic carbocycles. The zero-order chi connectivity index (χ0) is 17.5. The zero-order valence-electron chi connectivity index (χ0n) is 14.0. The smallest absolute Gasteiger partial charge is 0.246 e. The Balaban J connectivity index is 1.32. The maximum atomic E-state index is 11.8. The van der Waals surface area contributed by atoms with E-state index < -0.39 is 0 Å². The van der Waals surface area contributed by atoms with Crippen LogP contribution >= 0.6 is 11.3 Å². The summed E-state index contributed by atoms with van der Waals surface area (Å²) in [5.41, 5.74) is 2.11. The van der Waals surface area contributed by atoms with Crippen LogP contribution in [-0.2, 0) is 16.1 Å². The van der Waals surface area contributed by atoms with Crippen molar-refractivity contribution in [1.29, 1.82) is 0 Å². The summed E-state index contributed by atoms with van der Waals surface area (Å²) in [7, 11) is 0. The third-order valence-corrected chi connectivity index (χ3v) is 4.49. The first-order valence-corrected chi connectivity index (χ1v) is 8.91. The second-order valence-corrected chi connectivity index (χ2v) is 6.70. The number of para-hydroxylation sites is 1. The van der Waals surface area contributed by atoms with E-state index in [0.717, 1.165) is 26.5 Å². The van der Waals surface area contributed by atoms with Gasteiger partial charge in [-0.15, -0.1) is 11.3 Å². The zero-order valence-corrected chi connectivity index (χ0v) is 14.8. The van der Waals surface area contributed by atoms with Crippen molar-refractivity contribution in [3.8, 4) is 5.75 Å². The molecule has 130 valence electrons. The van der Waals surface area contributed by atoms with Crippen molar-refractivity contribution in [3.63, 3.8) is 0 Å². The van der Waals surface area contributed by atoms with Gasteiger partial charge in [-0.2, -0.15) is 0 Å². The normalized spacial score (nSPS) is 10.8. The van der Waals surface area contributed by atoms with Crippen LogP contribution in [0.5, 0.6) is 5.75 Å². The van der Waals surface area contributed by atoms with Crippen LogP contribution in [0.3, 0.4) is 0 Å². The summed E-state index contributed by atoms with van der Waals surface area (Å²) in [5.74, 6) is 0.648. The average Bonchev–Trinajstić information content (AvgIpc) is 3.01. The molecular formula is C19H20N2O3S. The molecule has 0 saturated heterocycles. The van der Waals surface area contributed by atoms with E-state index in [0.29, 0.717) is 19.8 Å². The van der Waals surface area contributed by atoms with E-state index in [9.17, 15) is 4.79 Å². The highest BCUT2D eigenvalue weighted by Crippen LogP contribution is 2.21.